The van der Waals surface area contributed by atoms with E-state index in [2.05, 4.69) is 6.92 Å². The Labute approximate surface area is 155 Å². The van der Waals surface area contributed by atoms with Crippen molar-refractivity contribution < 1.29 is 14.3 Å². The molecule has 0 aromatic heterocycles. The van der Waals surface area contributed by atoms with Gasteiger partial charge < -0.3 is 14.4 Å². The molecule has 2 aliphatic rings. The molecule has 0 bridgehead atoms. The summed E-state index contributed by atoms with van der Waals surface area (Å²) >= 11 is 6.14. The molecule has 0 radical (unpaired) electrons. The zero-order valence-corrected chi connectivity index (χ0v) is 15.8. The van der Waals surface area contributed by atoms with E-state index in [-0.39, 0.29) is 5.91 Å². The summed E-state index contributed by atoms with van der Waals surface area (Å²) in [6.45, 7) is 3.81. The zero-order chi connectivity index (χ0) is 17.7. The first kappa shape index (κ1) is 18.7. The maximum atomic E-state index is 13.0. The number of fused-ring (bicyclic) bond motifs is 2. The number of hydrogen-bond donors (Lipinski definition) is 0. The van der Waals surface area contributed by atoms with Gasteiger partial charge in [-0.05, 0) is 24.6 Å². The minimum atomic E-state index is -1.26. The summed E-state index contributed by atoms with van der Waals surface area (Å²) in [5.74, 6) is -1.37. The van der Waals surface area contributed by atoms with Gasteiger partial charge in [-0.1, -0.05) is 63.5 Å². The summed E-state index contributed by atoms with van der Waals surface area (Å²) in [6.07, 6.45) is 9.95. The number of benzene rings is 1. The highest BCUT2D eigenvalue weighted by Gasteiger charge is 2.55. The first-order valence-corrected chi connectivity index (χ1v) is 9.97. The average molecular weight is 366 g/mol. The number of carbonyl (C=O) groups is 1. The van der Waals surface area contributed by atoms with Gasteiger partial charge >= 0.3 is 0 Å². The van der Waals surface area contributed by atoms with Gasteiger partial charge in [-0.2, -0.15) is 0 Å². The lowest BCUT2D eigenvalue weighted by Gasteiger charge is -2.22. The number of ether oxygens (including phenoxy) is 2. The van der Waals surface area contributed by atoms with Gasteiger partial charge in [0.1, 0.15) is 0 Å². The Morgan fingerprint density at radius 3 is 2.36 bits per heavy atom. The Hall–Kier alpha value is -1.10. The number of unbranched alkanes of at least 4 members (excludes halogenated alkanes) is 7. The number of nitrogens with zero attached hydrogens (tertiary/aromatic N) is 1. The molecule has 0 atom stereocenters. The van der Waals surface area contributed by atoms with Crippen LogP contribution in [0.2, 0.25) is 5.02 Å². The van der Waals surface area contributed by atoms with Crippen molar-refractivity contribution in [2.45, 2.75) is 64.1 Å². The molecule has 2 heterocycles. The van der Waals surface area contributed by atoms with Gasteiger partial charge in [-0.3, -0.25) is 4.79 Å². The van der Waals surface area contributed by atoms with E-state index in [1.165, 1.54) is 38.5 Å². The number of carbonyl (C=O) groups excluding carboxylic acids is 1. The fraction of sp³-hybridized carbons (Fsp3) is 0.650. The largest absolute Gasteiger partial charge is 0.336 e. The Balaban J connectivity index is 1.57. The summed E-state index contributed by atoms with van der Waals surface area (Å²) in [6, 6.07) is 5.52. The molecule has 1 fully saturated rings. The molecular formula is C20H28ClNO3. The third-order valence-corrected chi connectivity index (χ3v) is 5.30. The molecule has 3 rings (SSSR count). The van der Waals surface area contributed by atoms with E-state index in [0.29, 0.717) is 24.8 Å². The Morgan fingerprint density at radius 1 is 1.04 bits per heavy atom. The van der Waals surface area contributed by atoms with Crippen molar-refractivity contribution >= 4 is 23.2 Å². The van der Waals surface area contributed by atoms with Crippen molar-refractivity contribution in [1.29, 1.82) is 0 Å². The third-order valence-electron chi connectivity index (χ3n) is 5.06. The molecule has 1 saturated heterocycles. The molecule has 2 aliphatic heterocycles. The van der Waals surface area contributed by atoms with Crippen LogP contribution >= 0.6 is 11.6 Å². The second-order valence-corrected chi connectivity index (χ2v) is 7.34. The van der Waals surface area contributed by atoms with Crippen molar-refractivity contribution in [3.05, 3.63) is 28.8 Å². The monoisotopic (exact) mass is 365 g/mol. The van der Waals surface area contributed by atoms with Crippen LogP contribution in [0.3, 0.4) is 0 Å². The van der Waals surface area contributed by atoms with Gasteiger partial charge in [0.15, 0.2) is 0 Å². The van der Waals surface area contributed by atoms with E-state index in [0.717, 1.165) is 24.1 Å². The second-order valence-electron chi connectivity index (χ2n) is 6.91. The van der Waals surface area contributed by atoms with Gasteiger partial charge in [-0.15, -0.1) is 0 Å². The normalized spacial score (nSPS) is 18.3. The summed E-state index contributed by atoms with van der Waals surface area (Å²) in [4.78, 5) is 14.8. The van der Waals surface area contributed by atoms with Crippen molar-refractivity contribution in [1.82, 2.24) is 0 Å². The fourth-order valence-electron chi connectivity index (χ4n) is 3.73. The van der Waals surface area contributed by atoms with Crippen LogP contribution in [0.15, 0.2) is 18.2 Å². The molecule has 0 aliphatic carbocycles. The highest BCUT2D eigenvalue weighted by atomic mass is 35.5. The lowest BCUT2D eigenvalue weighted by molar-refractivity contribution is -0.180. The van der Waals surface area contributed by atoms with E-state index in [4.69, 9.17) is 21.1 Å². The number of amides is 1. The molecular weight excluding hydrogens is 338 g/mol. The fourth-order valence-corrected chi connectivity index (χ4v) is 3.90. The Bertz CT molecular complexity index is 599. The van der Waals surface area contributed by atoms with Crippen LogP contribution in [0.1, 0.15) is 63.9 Å². The molecule has 1 aromatic carbocycles. The minimum Gasteiger partial charge on any atom is -0.336 e. The van der Waals surface area contributed by atoms with E-state index < -0.39 is 5.79 Å². The summed E-state index contributed by atoms with van der Waals surface area (Å²) in [5, 5.41) is 0.596. The van der Waals surface area contributed by atoms with Crippen LogP contribution in [-0.2, 0) is 20.1 Å². The maximum Gasteiger partial charge on any atom is 0.292 e. The van der Waals surface area contributed by atoms with Gasteiger partial charge in [0, 0.05) is 17.1 Å². The second kappa shape index (κ2) is 8.52. The summed E-state index contributed by atoms with van der Waals surface area (Å²) < 4.78 is 11.5. The lowest BCUT2D eigenvalue weighted by Crippen LogP contribution is -2.41. The molecule has 1 aromatic rings. The van der Waals surface area contributed by atoms with Crippen molar-refractivity contribution in [2.24, 2.45) is 0 Å². The van der Waals surface area contributed by atoms with E-state index in [1.807, 2.05) is 17.0 Å². The molecule has 4 nitrogen and oxygen atoms in total. The quantitative estimate of drug-likeness (QED) is 0.576. The number of halogens is 1. The van der Waals surface area contributed by atoms with Crippen molar-refractivity contribution in [3.8, 4) is 0 Å². The molecule has 0 saturated carbocycles. The predicted molar refractivity (Wildman–Crippen MR) is 100.0 cm³/mol. The molecule has 1 amide bonds. The first-order chi connectivity index (χ1) is 12.2. The first-order valence-electron chi connectivity index (χ1n) is 9.59. The predicted octanol–water partition coefficient (Wildman–Crippen LogP) is 5.03. The van der Waals surface area contributed by atoms with Crippen molar-refractivity contribution in [2.75, 3.05) is 24.7 Å². The molecule has 0 unspecified atom stereocenters. The smallest absolute Gasteiger partial charge is 0.292 e. The Kier molecular flexibility index (Phi) is 6.37. The van der Waals surface area contributed by atoms with Gasteiger partial charge in [-0.25, -0.2) is 0 Å². The lowest BCUT2D eigenvalue weighted by atomic mass is 10.1. The zero-order valence-electron chi connectivity index (χ0n) is 15.1. The van der Waals surface area contributed by atoms with E-state index in [9.17, 15) is 4.79 Å². The van der Waals surface area contributed by atoms with Crippen LogP contribution in [0, 0.1) is 0 Å². The van der Waals surface area contributed by atoms with Crippen LogP contribution < -0.4 is 4.90 Å². The highest BCUT2D eigenvalue weighted by Crippen LogP contribution is 2.46. The standard InChI is InChI=1S/C20H28ClNO3/c1-2-3-4-5-6-7-8-9-12-22-18-11-10-16(21)15-17(18)20(19(22)23)24-13-14-25-20/h10-11,15H,2-9,12-14H2,1H3. The van der Waals surface area contributed by atoms with Crippen LogP contribution in [0.5, 0.6) is 0 Å². The van der Waals surface area contributed by atoms with Gasteiger partial charge in [0.2, 0.25) is 0 Å². The molecule has 1 spiro atoms. The maximum absolute atomic E-state index is 13.0. The van der Waals surface area contributed by atoms with Gasteiger partial charge in [0.25, 0.3) is 11.7 Å². The van der Waals surface area contributed by atoms with Gasteiger partial charge in [0.05, 0.1) is 18.9 Å². The summed E-state index contributed by atoms with van der Waals surface area (Å²) in [5.41, 5.74) is 1.63. The topological polar surface area (TPSA) is 38.8 Å². The minimum absolute atomic E-state index is 0.106. The van der Waals surface area contributed by atoms with E-state index >= 15 is 0 Å². The number of rotatable bonds is 9. The Morgan fingerprint density at radius 2 is 1.68 bits per heavy atom. The van der Waals surface area contributed by atoms with E-state index in [1.54, 1.807) is 6.07 Å². The molecule has 5 heteroatoms. The van der Waals surface area contributed by atoms with Crippen LogP contribution in [-0.4, -0.2) is 25.7 Å². The SMILES string of the molecule is CCCCCCCCCCN1C(=O)C2(OCCO2)c2cc(Cl)ccc21. The van der Waals surface area contributed by atoms with Crippen molar-refractivity contribution in [3.63, 3.8) is 0 Å². The summed E-state index contributed by atoms with van der Waals surface area (Å²) in [7, 11) is 0. The average Bonchev–Trinajstić information content (AvgIpc) is 3.18. The molecule has 0 N–H and O–H groups in total. The molecule has 138 valence electrons. The van der Waals surface area contributed by atoms with Crippen LogP contribution in [0.25, 0.3) is 0 Å². The number of hydrogen-bond acceptors (Lipinski definition) is 3. The van der Waals surface area contributed by atoms with Crippen LogP contribution in [0.4, 0.5) is 5.69 Å². The third kappa shape index (κ3) is 3.86. The molecule has 25 heavy (non-hydrogen) atoms. The number of anilines is 1. The highest BCUT2D eigenvalue weighted by molar-refractivity contribution is 6.31.